The highest BCUT2D eigenvalue weighted by Gasteiger charge is 2.60. The van der Waals surface area contributed by atoms with E-state index in [0.29, 0.717) is 35.0 Å². The van der Waals surface area contributed by atoms with E-state index in [1.165, 1.54) is 25.7 Å². The molecule has 0 radical (unpaired) electrons. The Morgan fingerprint density at radius 3 is 2.54 bits per heavy atom. The van der Waals surface area contributed by atoms with Crippen molar-refractivity contribution in [2.75, 3.05) is 5.75 Å². The minimum absolute atomic E-state index is 0.0142. The van der Waals surface area contributed by atoms with Crippen LogP contribution in [-0.4, -0.2) is 20.9 Å². The van der Waals surface area contributed by atoms with Gasteiger partial charge in [-0.15, -0.1) is 0 Å². The molecule has 154 valence electrons. The maximum absolute atomic E-state index is 13.3. The highest BCUT2D eigenvalue weighted by Crippen LogP contribution is 2.66. The predicted octanol–water partition coefficient (Wildman–Crippen LogP) is 5.61. The van der Waals surface area contributed by atoms with Gasteiger partial charge in [0.15, 0.2) is 5.78 Å². The van der Waals surface area contributed by atoms with Crippen molar-refractivity contribution in [3.8, 4) is 5.75 Å². The van der Waals surface area contributed by atoms with Gasteiger partial charge in [-0.3, -0.25) is 9.00 Å². The van der Waals surface area contributed by atoms with Gasteiger partial charge in [0.25, 0.3) is 0 Å². The minimum atomic E-state index is -1.13. The summed E-state index contributed by atoms with van der Waals surface area (Å²) in [5.74, 6) is 1.61. The maximum atomic E-state index is 13.3. The van der Waals surface area contributed by atoms with Crippen molar-refractivity contribution in [1.82, 2.24) is 0 Å². The second kappa shape index (κ2) is 6.42. The van der Waals surface area contributed by atoms with Crippen LogP contribution in [0.3, 0.4) is 0 Å². The van der Waals surface area contributed by atoms with Crippen molar-refractivity contribution in [3.05, 3.63) is 23.3 Å². The zero-order chi connectivity index (χ0) is 20.5. The van der Waals surface area contributed by atoms with Gasteiger partial charge in [-0.05, 0) is 71.5 Å². The van der Waals surface area contributed by atoms with E-state index in [4.69, 9.17) is 0 Å². The molecular formula is C24H34O3S. The average Bonchev–Trinajstić information content (AvgIpc) is 2.62. The van der Waals surface area contributed by atoms with E-state index in [1.54, 1.807) is 6.07 Å². The summed E-state index contributed by atoms with van der Waals surface area (Å²) >= 11 is 0. The van der Waals surface area contributed by atoms with Crippen molar-refractivity contribution in [2.45, 2.75) is 83.5 Å². The van der Waals surface area contributed by atoms with E-state index < -0.39 is 10.8 Å². The molecule has 1 aromatic rings. The van der Waals surface area contributed by atoms with Crippen LogP contribution in [0.1, 0.15) is 89.1 Å². The van der Waals surface area contributed by atoms with Crippen molar-refractivity contribution >= 4 is 16.6 Å². The van der Waals surface area contributed by atoms with Gasteiger partial charge in [-0.1, -0.05) is 41.0 Å². The molecule has 2 aliphatic carbocycles. The summed E-state index contributed by atoms with van der Waals surface area (Å²) in [6.07, 6.45) is 6.33. The van der Waals surface area contributed by atoms with Gasteiger partial charge in [-0.25, -0.2) is 0 Å². The number of hydrogen-bond acceptors (Lipinski definition) is 3. The van der Waals surface area contributed by atoms with Crippen molar-refractivity contribution in [2.24, 2.45) is 22.7 Å². The first-order valence-electron chi connectivity index (χ1n) is 10.8. The quantitative estimate of drug-likeness (QED) is 0.655. The van der Waals surface area contributed by atoms with Crippen molar-refractivity contribution < 1.29 is 14.1 Å². The Morgan fingerprint density at radius 2 is 1.86 bits per heavy atom. The Bertz CT molecular complexity index is 858. The van der Waals surface area contributed by atoms with Gasteiger partial charge in [0.2, 0.25) is 0 Å². The summed E-state index contributed by atoms with van der Waals surface area (Å²) < 4.78 is 13.3. The summed E-state index contributed by atoms with van der Waals surface area (Å²) in [6, 6.07) is 3.51. The van der Waals surface area contributed by atoms with Crippen LogP contribution in [-0.2, 0) is 16.2 Å². The minimum Gasteiger partial charge on any atom is -0.507 e. The summed E-state index contributed by atoms with van der Waals surface area (Å²) in [7, 11) is -1.13. The van der Waals surface area contributed by atoms with Gasteiger partial charge in [-0.2, -0.15) is 0 Å². The monoisotopic (exact) mass is 402 g/mol. The van der Waals surface area contributed by atoms with Crippen LogP contribution in [0.4, 0.5) is 0 Å². The predicted molar refractivity (Wildman–Crippen MR) is 113 cm³/mol. The van der Waals surface area contributed by atoms with Crippen LogP contribution in [0.2, 0.25) is 0 Å². The number of benzene rings is 1. The number of phenols is 1. The van der Waals surface area contributed by atoms with E-state index in [0.717, 1.165) is 16.9 Å². The summed E-state index contributed by atoms with van der Waals surface area (Å²) in [4.78, 5) is 13.2. The van der Waals surface area contributed by atoms with E-state index in [1.807, 2.05) is 13.0 Å². The highest BCUT2D eigenvalue weighted by atomic mass is 32.2. The number of phenolic OH excluding ortho intramolecular Hbond substituents is 1. The van der Waals surface area contributed by atoms with Crippen molar-refractivity contribution in [1.29, 1.82) is 0 Å². The zero-order valence-corrected chi connectivity index (χ0v) is 18.7. The van der Waals surface area contributed by atoms with Crippen LogP contribution in [0.5, 0.6) is 5.75 Å². The number of Topliss-reactive ketones (excluding diaryl/α,β-unsaturated/α-hetero) is 1. The van der Waals surface area contributed by atoms with E-state index >= 15 is 0 Å². The molecule has 3 aliphatic rings. The number of ketones is 1. The van der Waals surface area contributed by atoms with Crippen LogP contribution in [0, 0.1) is 22.7 Å². The smallest absolute Gasteiger partial charge is 0.166 e. The Labute approximate surface area is 171 Å². The third kappa shape index (κ3) is 2.66. The van der Waals surface area contributed by atoms with Crippen LogP contribution >= 0.6 is 0 Å². The number of carbonyl (C=O) groups excluding carboxylic acids is 1. The molecule has 0 bridgehead atoms. The molecule has 0 aromatic heterocycles. The fraction of sp³-hybridized carbons (Fsp3) is 0.708. The molecule has 4 heteroatoms. The summed E-state index contributed by atoms with van der Waals surface area (Å²) in [5.41, 5.74) is 1.87. The Hall–Kier alpha value is -1.16. The molecule has 5 atom stereocenters. The molecule has 2 fully saturated rings. The average molecular weight is 403 g/mol. The van der Waals surface area contributed by atoms with Crippen LogP contribution < -0.4 is 0 Å². The van der Waals surface area contributed by atoms with Crippen molar-refractivity contribution in [3.63, 3.8) is 0 Å². The largest absolute Gasteiger partial charge is 0.507 e. The lowest BCUT2D eigenvalue weighted by molar-refractivity contribution is -0.0977. The second-order valence-corrected chi connectivity index (χ2v) is 12.0. The number of aromatic hydroxyl groups is 1. The Balaban J connectivity index is 1.87. The van der Waals surface area contributed by atoms with Gasteiger partial charge in [0.1, 0.15) is 5.75 Å². The molecule has 2 saturated carbocycles. The number of hydrogen-bond donors (Lipinski definition) is 1. The molecule has 4 rings (SSSR count). The fourth-order valence-electron chi connectivity index (χ4n) is 7.21. The number of rotatable bonds is 2. The van der Waals surface area contributed by atoms with Gasteiger partial charge < -0.3 is 5.11 Å². The topological polar surface area (TPSA) is 54.4 Å². The molecular weight excluding hydrogens is 368 g/mol. The molecule has 1 aromatic carbocycles. The Morgan fingerprint density at radius 1 is 1.14 bits per heavy atom. The molecule has 1 aliphatic heterocycles. The van der Waals surface area contributed by atoms with Crippen LogP contribution in [0.25, 0.3) is 0 Å². The number of carbonyl (C=O) groups is 1. The van der Waals surface area contributed by atoms with Gasteiger partial charge in [0.05, 0.1) is 16.4 Å². The molecule has 0 saturated heterocycles. The van der Waals surface area contributed by atoms with E-state index in [-0.39, 0.29) is 22.4 Å². The zero-order valence-electron chi connectivity index (χ0n) is 17.9. The third-order valence-corrected chi connectivity index (χ3v) is 10.2. The lowest BCUT2D eigenvalue weighted by Gasteiger charge is -2.63. The molecule has 28 heavy (non-hydrogen) atoms. The maximum Gasteiger partial charge on any atom is 0.166 e. The first kappa shape index (κ1) is 20.1. The lowest BCUT2D eigenvalue weighted by Crippen LogP contribution is -2.59. The Kier molecular flexibility index (Phi) is 4.61. The summed E-state index contributed by atoms with van der Waals surface area (Å²) in [6.45, 7) is 11.4. The van der Waals surface area contributed by atoms with Gasteiger partial charge in [0, 0.05) is 17.1 Å². The van der Waals surface area contributed by atoms with E-state index in [9.17, 15) is 14.1 Å². The SMILES string of the molecule is CCC(=O)c1cc2c(cc1O)S(=O)C[C@@H]1[C@@]3(C)CCCC(C)(C)[C@@H]3CC[C@@]21C. The van der Waals surface area contributed by atoms with Crippen LogP contribution in [0.15, 0.2) is 17.0 Å². The third-order valence-electron chi connectivity index (χ3n) is 8.69. The summed E-state index contributed by atoms with van der Waals surface area (Å²) in [5, 5.41) is 10.4. The number of fused-ring (bicyclic) bond motifs is 5. The first-order valence-corrected chi connectivity index (χ1v) is 12.2. The highest BCUT2D eigenvalue weighted by molar-refractivity contribution is 7.85. The molecule has 0 amide bonds. The molecule has 0 spiro atoms. The molecule has 3 nitrogen and oxygen atoms in total. The first-order chi connectivity index (χ1) is 13.0. The van der Waals surface area contributed by atoms with Gasteiger partial charge >= 0.3 is 0 Å². The molecule has 1 N–H and O–H groups in total. The molecule has 1 unspecified atom stereocenters. The molecule has 1 heterocycles. The lowest BCUT2D eigenvalue weighted by atomic mass is 9.43. The second-order valence-electron chi connectivity index (χ2n) is 10.6. The standard InChI is InChI=1S/C24H34O3S/c1-6-17(25)15-12-16-19(13-18(15)26)28(27)14-21-23(16,4)11-8-20-22(2,3)9-7-10-24(20,21)5/h12-13,20-21,26H,6-11,14H2,1-5H3/t20-,21-,23-,24-,28?/m0/s1. The normalized spacial score (nSPS) is 38.8. The fourth-order valence-corrected chi connectivity index (χ4v) is 9.22. The van der Waals surface area contributed by atoms with E-state index in [2.05, 4.69) is 27.7 Å².